The third-order valence-corrected chi connectivity index (χ3v) is 6.13. The number of rotatable bonds is 6. The first-order valence-electron chi connectivity index (χ1n) is 8.90. The van der Waals surface area contributed by atoms with E-state index in [1.165, 1.54) is 6.20 Å². The van der Waals surface area contributed by atoms with Crippen LogP contribution in [0.2, 0.25) is 0 Å². The molecule has 27 heavy (non-hydrogen) atoms. The highest BCUT2D eigenvalue weighted by Gasteiger charge is 2.26. The summed E-state index contributed by atoms with van der Waals surface area (Å²) in [5.74, 6) is -0.0164. The summed E-state index contributed by atoms with van der Waals surface area (Å²) in [4.78, 5) is 33.5. The quantitative estimate of drug-likeness (QED) is 0.797. The number of Topliss-reactive ketones (excluding diaryl/α,β-unsaturated/α-hetero) is 1. The predicted molar refractivity (Wildman–Crippen MR) is 101 cm³/mol. The third-order valence-electron chi connectivity index (χ3n) is 4.93. The first kappa shape index (κ1) is 19.4. The highest BCUT2D eigenvalue weighted by molar-refractivity contribution is 7.90. The van der Waals surface area contributed by atoms with Crippen molar-refractivity contribution >= 4 is 15.6 Å². The lowest BCUT2D eigenvalue weighted by molar-refractivity contribution is -0.123. The van der Waals surface area contributed by atoms with Crippen molar-refractivity contribution in [3.8, 4) is 0 Å². The van der Waals surface area contributed by atoms with Crippen LogP contribution in [0.25, 0.3) is 0 Å². The largest absolute Gasteiger partial charge is 0.326 e. The molecule has 0 bridgehead atoms. The Kier molecular flexibility index (Phi) is 5.86. The Morgan fingerprint density at radius 1 is 1.26 bits per heavy atom. The molecule has 0 unspecified atom stereocenters. The number of H-pyrrole nitrogens is 1. The van der Waals surface area contributed by atoms with Crippen LogP contribution in [0.4, 0.5) is 0 Å². The fraction of sp³-hybridized carbons (Fsp3) is 0.421. The molecule has 1 aromatic carbocycles. The van der Waals surface area contributed by atoms with Crippen LogP contribution in [0.3, 0.4) is 0 Å². The molecule has 3 rings (SSSR count). The highest BCUT2D eigenvalue weighted by Crippen LogP contribution is 2.23. The summed E-state index contributed by atoms with van der Waals surface area (Å²) in [7, 11) is -3.36. The third kappa shape index (κ3) is 4.90. The minimum Gasteiger partial charge on any atom is -0.326 e. The molecular weight excluding hydrogens is 366 g/mol. The van der Waals surface area contributed by atoms with E-state index in [4.69, 9.17) is 0 Å². The molecule has 1 N–H and O–H groups in total. The molecule has 1 aliphatic rings. The van der Waals surface area contributed by atoms with Gasteiger partial charge in [0.25, 0.3) is 5.56 Å². The second kappa shape index (κ2) is 8.14. The lowest BCUT2D eigenvalue weighted by atomic mass is 9.89. The smallest absolute Gasteiger partial charge is 0.270 e. The first-order chi connectivity index (χ1) is 12.8. The van der Waals surface area contributed by atoms with Crippen LogP contribution >= 0.6 is 0 Å². The van der Waals surface area contributed by atoms with Gasteiger partial charge in [-0.15, -0.1) is 0 Å². The van der Waals surface area contributed by atoms with Gasteiger partial charge in [0, 0.05) is 37.5 Å². The summed E-state index contributed by atoms with van der Waals surface area (Å²) in [6, 6.07) is 6.67. The number of ketones is 1. The fourth-order valence-corrected chi connectivity index (χ4v) is 4.41. The zero-order valence-electron chi connectivity index (χ0n) is 15.2. The molecule has 7 nitrogen and oxygen atoms in total. The van der Waals surface area contributed by atoms with Crippen molar-refractivity contribution < 1.29 is 13.2 Å². The molecule has 1 fully saturated rings. The Hall–Kier alpha value is -2.32. The maximum atomic E-state index is 12.7. The van der Waals surface area contributed by atoms with E-state index < -0.39 is 9.84 Å². The number of carbonyl (C=O) groups excluding carboxylic acids is 1. The number of hydrogen-bond acceptors (Lipinski definition) is 6. The summed E-state index contributed by atoms with van der Waals surface area (Å²) in [5, 5.41) is 0. The summed E-state index contributed by atoms with van der Waals surface area (Å²) in [6.07, 6.45) is 5.76. The Morgan fingerprint density at radius 2 is 1.96 bits per heavy atom. The lowest BCUT2D eigenvalue weighted by Crippen LogP contribution is -2.37. The van der Waals surface area contributed by atoms with Crippen molar-refractivity contribution in [1.29, 1.82) is 0 Å². The Bertz CT molecular complexity index is 976. The number of aromatic amines is 1. The average Bonchev–Trinajstić information content (AvgIpc) is 2.64. The minimum absolute atomic E-state index is 0.0708. The molecule has 0 spiro atoms. The van der Waals surface area contributed by atoms with Gasteiger partial charge in [-0.2, -0.15) is 0 Å². The number of nitrogens with one attached hydrogen (secondary N) is 1. The zero-order chi connectivity index (χ0) is 19.4. The molecule has 0 aliphatic carbocycles. The van der Waals surface area contributed by atoms with Crippen LogP contribution in [0.15, 0.2) is 46.3 Å². The topological polar surface area (TPSA) is 100 Å². The molecule has 8 heteroatoms. The first-order valence-corrected chi connectivity index (χ1v) is 10.8. The number of carbonyl (C=O) groups is 1. The van der Waals surface area contributed by atoms with Gasteiger partial charge in [0.1, 0.15) is 11.5 Å². The zero-order valence-corrected chi connectivity index (χ0v) is 16.0. The fourth-order valence-electron chi connectivity index (χ4n) is 3.46. The van der Waals surface area contributed by atoms with Gasteiger partial charge in [-0.1, -0.05) is 18.2 Å². The van der Waals surface area contributed by atoms with E-state index >= 15 is 0 Å². The van der Waals surface area contributed by atoms with Crippen LogP contribution in [0, 0.1) is 5.92 Å². The molecule has 144 valence electrons. The molecule has 2 heterocycles. The van der Waals surface area contributed by atoms with Crippen molar-refractivity contribution in [1.82, 2.24) is 14.9 Å². The van der Waals surface area contributed by atoms with Crippen molar-refractivity contribution in [3.05, 3.63) is 58.3 Å². The molecular formula is C19H23N3O4S. The molecule has 1 aromatic heterocycles. The number of aromatic nitrogens is 2. The predicted octanol–water partition coefficient (Wildman–Crippen LogP) is 1.20. The van der Waals surface area contributed by atoms with Crippen LogP contribution in [0.1, 0.15) is 24.1 Å². The summed E-state index contributed by atoms with van der Waals surface area (Å²) < 4.78 is 23.8. The number of sulfone groups is 1. The summed E-state index contributed by atoms with van der Waals surface area (Å²) in [5.41, 5.74) is 0.852. The number of piperidine rings is 1. The summed E-state index contributed by atoms with van der Waals surface area (Å²) >= 11 is 0. The second-order valence-electron chi connectivity index (χ2n) is 6.94. The summed E-state index contributed by atoms with van der Waals surface area (Å²) in [6.45, 7) is 1.88. The van der Waals surface area contributed by atoms with E-state index in [2.05, 4.69) is 14.9 Å². The molecule has 1 aliphatic heterocycles. The van der Waals surface area contributed by atoms with Crippen molar-refractivity contribution in [2.45, 2.75) is 30.7 Å². The molecule has 0 amide bonds. The van der Waals surface area contributed by atoms with Crippen molar-refractivity contribution in [2.24, 2.45) is 5.92 Å². The van der Waals surface area contributed by atoms with Crippen LogP contribution in [-0.2, 0) is 27.6 Å². The molecule has 0 radical (unpaired) electrons. The van der Waals surface area contributed by atoms with Crippen molar-refractivity contribution in [2.75, 3.05) is 19.3 Å². The van der Waals surface area contributed by atoms with Crippen molar-refractivity contribution in [3.63, 3.8) is 0 Å². The van der Waals surface area contributed by atoms with Crippen LogP contribution < -0.4 is 5.56 Å². The van der Waals surface area contributed by atoms with E-state index in [1.54, 1.807) is 30.5 Å². The van der Waals surface area contributed by atoms with Gasteiger partial charge in [0.05, 0.1) is 4.90 Å². The monoisotopic (exact) mass is 389 g/mol. The number of hydrogen-bond donors (Lipinski definition) is 1. The minimum atomic E-state index is -3.36. The van der Waals surface area contributed by atoms with E-state index in [0.29, 0.717) is 43.7 Å². The van der Waals surface area contributed by atoms with E-state index in [1.807, 2.05) is 0 Å². The number of nitrogens with zero attached hydrogens (tertiary/aromatic N) is 2. The lowest BCUT2D eigenvalue weighted by Gasteiger charge is -2.30. The standard InChI is InChI=1S/C19H23N3O4S/c1-27(25,26)18-5-3-2-4-15(18)12-17(23)14-6-10-22(11-7-14)13-16-19(24)21-9-8-20-16/h2-5,8-9,14H,6-7,10-13H2,1H3,(H,21,24). The maximum Gasteiger partial charge on any atom is 0.270 e. The van der Waals surface area contributed by atoms with Gasteiger partial charge < -0.3 is 4.98 Å². The average molecular weight is 389 g/mol. The Balaban J connectivity index is 1.60. The Morgan fingerprint density at radius 3 is 2.63 bits per heavy atom. The molecule has 0 atom stereocenters. The van der Waals surface area contributed by atoms with Gasteiger partial charge in [0.15, 0.2) is 9.84 Å². The van der Waals surface area contributed by atoms with Gasteiger partial charge in [-0.3, -0.25) is 19.5 Å². The molecule has 2 aromatic rings. The molecule has 0 saturated carbocycles. The number of likely N-dealkylation sites (tertiary alicyclic amines) is 1. The van der Waals surface area contributed by atoms with Gasteiger partial charge in [-0.05, 0) is 37.6 Å². The van der Waals surface area contributed by atoms with E-state index in [9.17, 15) is 18.0 Å². The van der Waals surface area contributed by atoms with Crippen LogP contribution in [-0.4, -0.2) is 48.4 Å². The molecule has 1 saturated heterocycles. The SMILES string of the molecule is CS(=O)(=O)c1ccccc1CC(=O)C1CCN(Cc2ncc[nH]c2=O)CC1. The van der Waals surface area contributed by atoms with Gasteiger partial charge in [-0.25, -0.2) is 8.42 Å². The van der Waals surface area contributed by atoms with Gasteiger partial charge in [0.2, 0.25) is 0 Å². The second-order valence-corrected chi connectivity index (χ2v) is 8.92. The number of benzene rings is 1. The normalized spacial score (nSPS) is 16.3. The maximum absolute atomic E-state index is 12.7. The Labute approximate surface area is 158 Å². The van der Waals surface area contributed by atoms with E-state index in [-0.39, 0.29) is 28.6 Å². The van der Waals surface area contributed by atoms with Gasteiger partial charge >= 0.3 is 0 Å². The van der Waals surface area contributed by atoms with E-state index in [0.717, 1.165) is 6.26 Å². The highest BCUT2D eigenvalue weighted by atomic mass is 32.2. The van der Waals surface area contributed by atoms with Crippen LogP contribution in [0.5, 0.6) is 0 Å².